The second kappa shape index (κ2) is 6.37. The molecule has 1 amide bonds. The molecule has 0 atom stereocenters. The summed E-state index contributed by atoms with van der Waals surface area (Å²) in [5, 5.41) is 4.51. The molecule has 1 N–H and O–H groups in total. The zero-order valence-electron chi connectivity index (χ0n) is 13.0. The van der Waals surface area contributed by atoms with Crippen molar-refractivity contribution >= 4 is 49.1 Å². The summed E-state index contributed by atoms with van der Waals surface area (Å²) in [5.41, 5.74) is 1.32. The summed E-state index contributed by atoms with van der Waals surface area (Å²) in [6.07, 6.45) is 0. The van der Waals surface area contributed by atoms with Crippen molar-refractivity contribution in [2.45, 2.75) is 13.5 Å². The maximum absolute atomic E-state index is 12.4. The van der Waals surface area contributed by atoms with Gasteiger partial charge < -0.3 is 5.32 Å². The molecule has 2 heterocycles. The minimum atomic E-state index is -0.510. The first-order chi connectivity index (χ1) is 11.4. The Bertz CT molecular complexity index is 1060. The highest BCUT2D eigenvalue weighted by molar-refractivity contribution is 9.10. The van der Waals surface area contributed by atoms with Gasteiger partial charge in [0.15, 0.2) is 0 Å². The maximum Gasteiger partial charge on any atom is 0.331 e. The number of fused-ring (bicyclic) bond motifs is 1. The fourth-order valence-corrected chi connectivity index (χ4v) is 3.87. The monoisotopic (exact) mass is 407 g/mol. The van der Waals surface area contributed by atoms with Gasteiger partial charge in [0.05, 0.1) is 11.2 Å². The molecule has 0 aliphatic heterocycles. The van der Waals surface area contributed by atoms with Crippen LogP contribution in [-0.2, 0) is 18.4 Å². The first-order valence-electron chi connectivity index (χ1n) is 7.11. The van der Waals surface area contributed by atoms with E-state index in [0.29, 0.717) is 15.9 Å². The lowest BCUT2D eigenvalue weighted by Gasteiger charge is -2.11. The number of carbonyl (C=O) groups is 1. The third kappa shape index (κ3) is 2.94. The molecular weight excluding hydrogens is 394 g/mol. The van der Waals surface area contributed by atoms with Crippen LogP contribution in [0.1, 0.15) is 5.56 Å². The van der Waals surface area contributed by atoms with Crippen LogP contribution in [0.5, 0.6) is 0 Å². The van der Waals surface area contributed by atoms with E-state index >= 15 is 0 Å². The van der Waals surface area contributed by atoms with Crippen LogP contribution in [-0.4, -0.2) is 15.0 Å². The molecule has 0 aliphatic rings. The number of nitrogens with one attached hydrogen (secondary N) is 1. The summed E-state index contributed by atoms with van der Waals surface area (Å²) in [7, 11) is 1.41. The summed E-state index contributed by atoms with van der Waals surface area (Å²) >= 11 is 4.66. The molecule has 3 rings (SSSR count). The largest absolute Gasteiger partial charge is 0.331 e. The molecule has 0 saturated heterocycles. The van der Waals surface area contributed by atoms with Crippen molar-refractivity contribution in [3.8, 4) is 0 Å². The number of benzene rings is 1. The molecular formula is C16H14BrN3O3S. The number of nitrogens with zero attached hydrogens (tertiary/aromatic N) is 2. The number of halogens is 1. The molecule has 8 heteroatoms. The van der Waals surface area contributed by atoms with Crippen LogP contribution < -0.4 is 16.6 Å². The number of amides is 1. The molecule has 0 saturated carbocycles. The summed E-state index contributed by atoms with van der Waals surface area (Å²) in [6, 6.07) is 7.25. The van der Waals surface area contributed by atoms with Crippen LogP contribution in [0.25, 0.3) is 10.2 Å². The summed E-state index contributed by atoms with van der Waals surface area (Å²) in [4.78, 5) is 36.8. The van der Waals surface area contributed by atoms with E-state index in [0.717, 1.165) is 14.6 Å². The maximum atomic E-state index is 12.4. The molecule has 3 aromatic rings. The van der Waals surface area contributed by atoms with Crippen LogP contribution in [0.2, 0.25) is 0 Å². The fourth-order valence-electron chi connectivity index (χ4n) is 2.41. The summed E-state index contributed by atoms with van der Waals surface area (Å²) < 4.78 is 3.56. The smallest absolute Gasteiger partial charge is 0.324 e. The van der Waals surface area contributed by atoms with Crippen molar-refractivity contribution in [1.29, 1.82) is 0 Å². The Morgan fingerprint density at radius 3 is 2.75 bits per heavy atom. The zero-order chi connectivity index (χ0) is 17.4. The van der Waals surface area contributed by atoms with Gasteiger partial charge in [-0.15, -0.1) is 11.3 Å². The highest BCUT2D eigenvalue weighted by atomic mass is 79.9. The highest BCUT2D eigenvalue weighted by Crippen LogP contribution is 2.23. The van der Waals surface area contributed by atoms with E-state index in [2.05, 4.69) is 21.2 Å². The number of aromatic nitrogens is 2. The van der Waals surface area contributed by atoms with Crippen molar-refractivity contribution in [2.24, 2.45) is 7.05 Å². The molecule has 0 aliphatic carbocycles. The summed E-state index contributed by atoms with van der Waals surface area (Å²) in [5.74, 6) is -0.340. The molecule has 0 bridgehead atoms. The van der Waals surface area contributed by atoms with Crippen molar-refractivity contribution in [3.05, 3.63) is 60.5 Å². The van der Waals surface area contributed by atoms with Gasteiger partial charge >= 0.3 is 5.69 Å². The molecule has 1 aromatic carbocycles. The first kappa shape index (κ1) is 16.7. The predicted molar refractivity (Wildman–Crippen MR) is 98.8 cm³/mol. The molecule has 2 aromatic heterocycles. The van der Waals surface area contributed by atoms with Crippen LogP contribution in [0.4, 0.5) is 5.69 Å². The van der Waals surface area contributed by atoms with Crippen molar-refractivity contribution in [2.75, 3.05) is 5.32 Å². The molecule has 0 radical (unpaired) electrons. The Morgan fingerprint density at radius 2 is 2.04 bits per heavy atom. The van der Waals surface area contributed by atoms with Crippen LogP contribution in [0, 0.1) is 6.92 Å². The lowest BCUT2D eigenvalue weighted by Crippen LogP contribution is -2.39. The number of hydrogen-bond acceptors (Lipinski definition) is 4. The first-order valence-corrected chi connectivity index (χ1v) is 8.79. The molecule has 0 fully saturated rings. The topological polar surface area (TPSA) is 73.1 Å². The van der Waals surface area contributed by atoms with Crippen LogP contribution in [0.15, 0.2) is 43.7 Å². The highest BCUT2D eigenvalue weighted by Gasteiger charge is 2.15. The average molecular weight is 408 g/mol. The number of rotatable bonds is 3. The van der Waals surface area contributed by atoms with Gasteiger partial charge in [0.25, 0.3) is 5.56 Å². The number of carbonyl (C=O) groups excluding carboxylic acids is 1. The Kier molecular flexibility index (Phi) is 4.42. The van der Waals surface area contributed by atoms with E-state index in [1.807, 2.05) is 19.1 Å². The predicted octanol–water partition coefficient (Wildman–Crippen LogP) is 2.47. The van der Waals surface area contributed by atoms with Gasteiger partial charge in [-0.2, -0.15) is 0 Å². The quantitative estimate of drug-likeness (QED) is 0.724. The lowest BCUT2D eigenvalue weighted by molar-refractivity contribution is -0.116. The standard InChI is InChI=1S/C16H14BrN3O3S/c1-9-3-4-11(10(17)7-9)18-13(21)8-20-12-5-6-24-14(12)15(22)19(2)16(20)23/h3-7H,8H2,1-2H3,(H,18,21). The molecule has 124 valence electrons. The second-order valence-corrected chi connectivity index (χ2v) is 7.17. The van der Waals surface area contributed by atoms with Crippen molar-refractivity contribution in [1.82, 2.24) is 9.13 Å². The summed E-state index contributed by atoms with van der Waals surface area (Å²) in [6.45, 7) is 1.79. The molecule has 24 heavy (non-hydrogen) atoms. The third-order valence-electron chi connectivity index (χ3n) is 3.65. The van der Waals surface area contributed by atoms with Gasteiger partial charge in [0.1, 0.15) is 11.2 Å². The van der Waals surface area contributed by atoms with E-state index in [1.165, 1.54) is 23.0 Å². The van der Waals surface area contributed by atoms with E-state index in [9.17, 15) is 14.4 Å². The molecule has 6 nitrogen and oxygen atoms in total. The van der Waals surface area contributed by atoms with Gasteiger partial charge in [0, 0.05) is 11.5 Å². The number of aryl methyl sites for hydroxylation is 1. The van der Waals surface area contributed by atoms with Gasteiger partial charge in [-0.05, 0) is 52.0 Å². The SMILES string of the molecule is Cc1ccc(NC(=O)Cn2c(=O)n(C)c(=O)c3sccc32)c(Br)c1. The van der Waals surface area contributed by atoms with Crippen molar-refractivity contribution in [3.63, 3.8) is 0 Å². The van der Waals surface area contributed by atoms with Gasteiger partial charge in [0.2, 0.25) is 5.91 Å². The molecule has 0 spiro atoms. The van der Waals surface area contributed by atoms with E-state index < -0.39 is 5.69 Å². The Hall–Kier alpha value is -2.19. The van der Waals surface area contributed by atoms with Crippen LogP contribution >= 0.6 is 27.3 Å². The Morgan fingerprint density at radius 1 is 1.29 bits per heavy atom. The van der Waals surface area contributed by atoms with E-state index in [4.69, 9.17) is 0 Å². The fraction of sp³-hybridized carbons (Fsp3) is 0.188. The van der Waals surface area contributed by atoms with Gasteiger partial charge in [-0.3, -0.25) is 18.7 Å². The van der Waals surface area contributed by atoms with Gasteiger partial charge in [-0.25, -0.2) is 4.79 Å². The van der Waals surface area contributed by atoms with E-state index in [-0.39, 0.29) is 18.0 Å². The Balaban J connectivity index is 1.95. The van der Waals surface area contributed by atoms with Gasteiger partial charge in [-0.1, -0.05) is 6.07 Å². The second-order valence-electron chi connectivity index (χ2n) is 5.40. The minimum Gasteiger partial charge on any atom is -0.324 e. The van der Waals surface area contributed by atoms with E-state index in [1.54, 1.807) is 17.5 Å². The zero-order valence-corrected chi connectivity index (χ0v) is 15.4. The number of hydrogen-bond donors (Lipinski definition) is 1. The van der Waals surface area contributed by atoms with Crippen molar-refractivity contribution < 1.29 is 4.79 Å². The molecule has 0 unspecified atom stereocenters. The number of anilines is 1. The normalized spacial score (nSPS) is 11.0. The average Bonchev–Trinajstić information content (AvgIpc) is 3.02. The minimum absolute atomic E-state index is 0.166. The number of thiophene rings is 1. The third-order valence-corrected chi connectivity index (χ3v) is 5.20. The van der Waals surface area contributed by atoms with Crippen LogP contribution in [0.3, 0.4) is 0 Å². The lowest BCUT2D eigenvalue weighted by atomic mass is 10.2. The Labute approximate surface area is 149 Å².